The first-order chi connectivity index (χ1) is 48.4. The summed E-state index contributed by atoms with van der Waals surface area (Å²) < 4.78 is 30.1. The van der Waals surface area contributed by atoms with Gasteiger partial charge in [-0.25, -0.2) is 4.85 Å². The summed E-state index contributed by atoms with van der Waals surface area (Å²) in [5, 5.41) is 42.6. The van der Waals surface area contributed by atoms with Crippen LogP contribution in [0.2, 0.25) is 0 Å². The van der Waals surface area contributed by atoms with E-state index in [9.17, 15) is 15.8 Å². The van der Waals surface area contributed by atoms with Gasteiger partial charge >= 0.3 is 0 Å². The van der Waals surface area contributed by atoms with E-state index in [2.05, 4.69) is 154 Å². The summed E-state index contributed by atoms with van der Waals surface area (Å²) in [7, 11) is 0. The molecule has 0 radical (unpaired) electrons. The maximum Gasteiger partial charge on any atom is 0.187 e. The molecule has 0 spiro atoms. The molecular weight excluding hydrogens is 1210 g/mol. The van der Waals surface area contributed by atoms with Crippen LogP contribution in [0.5, 0.6) is 0 Å². The number of hydrogen-bond acceptors (Lipinski definition) is 7. The molecule has 6 heterocycles. The van der Waals surface area contributed by atoms with E-state index < -0.39 is 0 Å². The van der Waals surface area contributed by atoms with Gasteiger partial charge in [-0.05, 0) is 161 Å². The van der Waals surface area contributed by atoms with E-state index in [1.165, 1.54) is 0 Å². The van der Waals surface area contributed by atoms with Crippen molar-refractivity contribution in [2.45, 2.75) is 0 Å². The van der Waals surface area contributed by atoms with Crippen LogP contribution >= 0.6 is 0 Å². The molecule has 14 aromatic carbocycles. The fraction of sp³-hybridized carbons (Fsp3) is 0. The van der Waals surface area contributed by atoms with E-state index in [0.29, 0.717) is 22.4 Å². The van der Waals surface area contributed by atoms with Crippen LogP contribution in [0.25, 0.3) is 192 Å². The van der Waals surface area contributed by atoms with Crippen molar-refractivity contribution in [3.05, 3.63) is 307 Å². The number of furan rings is 4. The molecule has 20 aromatic rings. The van der Waals surface area contributed by atoms with Gasteiger partial charge in [-0.15, -0.1) is 0 Å². The molecule has 6 aromatic heterocycles. The summed E-state index contributed by atoms with van der Waals surface area (Å²) in [6.45, 7) is 7.48. The Balaban J connectivity index is 0.000000137. The average molecular weight is 1250 g/mol. The zero-order valence-corrected chi connectivity index (χ0v) is 51.9. The normalized spacial score (nSPS) is 11.6. The van der Waals surface area contributed by atoms with E-state index >= 15 is 0 Å². The smallest absolute Gasteiger partial charge is 0.187 e. The maximum absolute atomic E-state index is 10.4. The maximum atomic E-state index is 10.4. The van der Waals surface area contributed by atoms with Gasteiger partial charge in [0, 0.05) is 75.8 Å². The molecule has 0 unspecified atom stereocenters. The number of hydrogen-bond donors (Lipinski definition) is 0. The first kappa shape index (κ1) is 55.5. The Hall–Kier alpha value is -14.2. The van der Waals surface area contributed by atoms with Crippen LogP contribution < -0.4 is 0 Å². The third-order valence-corrected chi connectivity index (χ3v) is 19.3. The molecule has 0 saturated carbocycles. The molecular formula is C88H46N6O4. The summed E-state index contributed by atoms with van der Waals surface area (Å²) in [4.78, 5) is 3.62. The lowest BCUT2D eigenvalue weighted by molar-refractivity contribution is 0.663. The van der Waals surface area contributed by atoms with Crippen molar-refractivity contribution in [3.63, 3.8) is 0 Å². The van der Waals surface area contributed by atoms with Gasteiger partial charge in [0.15, 0.2) is 5.69 Å². The SMILES string of the molecule is N#Cc1ccc(-c2ccc3oc4ccc5oc6ccc(-c7cccc(C#N)c7-n7c8ccccc8c8ccccc87)cc6c5c4c3c2)cc1.[C-]#[N+]c1cccc(-c2ccc3oc4ccc5oc6ccc(-c7cccc(C#N)c7-n7c8ccccc8c8ccccc87)cc6c5c4c3c2)c1. The predicted molar refractivity (Wildman–Crippen MR) is 393 cm³/mol. The van der Waals surface area contributed by atoms with Crippen LogP contribution in [-0.2, 0) is 0 Å². The number of rotatable bonds is 6. The Morgan fingerprint density at radius 2 is 0.602 bits per heavy atom. The third kappa shape index (κ3) is 8.43. The number of para-hydroxylation sites is 6. The molecule has 0 saturated heterocycles. The Labute approximate surface area is 557 Å². The van der Waals surface area contributed by atoms with E-state index in [4.69, 9.17) is 24.2 Å². The summed E-state index contributed by atoms with van der Waals surface area (Å²) in [5.74, 6) is 0. The molecule has 20 rings (SSSR count). The van der Waals surface area contributed by atoms with E-state index in [1.807, 2.05) is 158 Å². The highest BCUT2D eigenvalue weighted by Gasteiger charge is 2.25. The van der Waals surface area contributed by atoms with Gasteiger partial charge in [0.05, 0.1) is 62.8 Å². The average Bonchev–Trinajstić information content (AvgIpc) is 1.58. The van der Waals surface area contributed by atoms with Crippen molar-refractivity contribution in [3.8, 4) is 74.1 Å². The van der Waals surface area contributed by atoms with Gasteiger partial charge < -0.3 is 26.8 Å². The van der Waals surface area contributed by atoms with Gasteiger partial charge in [-0.2, -0.15) is 15.8 Å². The fourth-order valence-electron chi connectivity index (χ4n) is 15.0. The second kappa shape index (κ2) is 21.7. The molecule has 98 heavy (non-hydrogen) atoms. The molecule has 0 aliphatic heterocycles. The molecule has 10 nitrogen and oxygen atoms in total. The lowest BCUT2D eigenvalue weighted by Gasteiger charge is -2.16. The van der Waals surface area contributed by atoms with E-state index in [1.54, 1.807) is 0 Å². The van der Waals surface area contributed by atoms with Gasteiger partial charge in [-0.1, -0.05) is 152 Å². The lowest BCUT2D eigenvalue weighted by Crippen LogP contribution is -2.00. The molecule has 0 fully saturated rings. The lowest BCUT2D eigenvalue weighted by atomic mass is 9.97. The van der Waals surface area contributed by atoms with Gasteiger partial charge in [0.1, 0.15) is 56.8 Å². The van der Waals surface area contributed by atoms with Crippen molar-refractivity contribution in [2.75, 3.05) is 0 Å². The van der Waals surface area contributed by atoms with Crippen LogP contribution in [0.3, 0.4) is 0 Å². The molecule has 0 N–H and O–H groups in total. The van der Waals surface area contributed by atoms with Crippen LogP contribution in [0.4, 0.5) is 5.69 Å². The Morgan fingerprint density at radius 1 is 0.276 bits per heavy atom. The molecule has 0 aliphatic carbocycles. The van der Waals surface area contributed by atoms with Crippen molar-refractivity contribution in [1.82, 2.24) is 9.13 Å². The highest BCUT2D eigenvalue weighted by molar-refractivity contribution is 6.28. The predicted octanol–water partition coefficient (Wildman–Crippen LogP) is 24.0. The third-order valence-electron chi connectivity index (χ3n) is 19.3. The second-order valence-electron chi connectivity index (χ2n) is 24.6. The minimum absolute atomic E-state index is 0.596. The number of aromatic nitrogens is 2. The number of nitriles is 3. The summed E-state index contributed by atoms with van der Waals surface area (Å²) in [5.41, 5.74) is 22.5. The molecule has 452 valence electrons. The Morgan fingerprint density at radius 3 is 0.980 bits per heavy atom. The second-order valence-corrected chi connectivity index (χ2v) is 24.6. The monoisotopic (exact) mass is 1250 g/mol. The standard InChI is InChI=1S/2C44H23N3O2/c1-46-30-10-6-8-26(22-30)27-16-18-38-34(23-27)42-40(48-38)20-21-41-43(42)35-24-28(17-19-39(35)49-41)31-13-7-9-29(25-45)44(31)47-36-14-4-2-11-32(36)33-12-3-5-15-37(33)47;45-24-26-12-14-27(15-13-26)28-16-18-38-34(22-28)42-40(48-38)20-21-41-43(42)35-23-29(17-19-39(35)49-41)31-9-5-6-30(25-46)44(31)47-36-10-3-1-7-32(36)33-8-2-4-11-37(33)47/h2-24H;1-23H. The summed E-state index contributed by atoms with van der Waals surface area (Å²) in [6, 6.07) is 101. The highest BCUT2D eigenvalue weighted by Crippen LogP contribution is 2.47. The first-order valence-electron chi connectivity index (χ1n) is 32.1. The zero-order valence-electron chi connectivity index (χ0n) is 51.9. The molecule has 0 aliphatic rings. The quantitative estimate of drug-likeness (QED) is 0.151. The largest absolute Gasteiger partial charge is 0.456 e. The van der Waals surface area contributed by atoms with Crippen LogP contribution in [0.15, 0.2) is 297 Å². The fourth-order valence-corrected chi connectivity index (χ4v) is 15.0. The van der Waals surface area contributed by atoms with Crippen LogP contribution in [-0.4, -0.2) is 9.13 Å². The Kier molecular flexibility index (Phi) is 12.3. The Bertz CT molecular complexity index is 6890. The van der Waals surface area contributed by atoms with E-state index in [0.717, 1.165) is 187 Å². The molecule has 10 heteroatoms. The van der Waals surface area contributed by atoms with Gasteiger partial charge in [0.2, 0.25) is 0 Å². The van der Waals surface area contributed by atoms with Gasteiger partial charge in [0.25, 0.3) is 0 Å². The number of fused-ring (bicyclic) bond motifs is 20. The molecule has 0 amide bonds. The van der Waals surface area contributed by atoms with Crippen molar-refractivity contribution >= 4 is 137 Å². The number of benzene rings is 14. The summed E-state index contributed by atoms with van der Waals surface area (Å²) in [6.07, 6.45) is 0. The zero-order chi connectivity index (χ0) is 65.3. The van der Waals surface area contributed by atoms with Crippen LogP contribution in [0, 0.1) is 40.6 Å². The minimum atomic E-state index is 0.596. The molecule has 0 atom stereocenters. The first-order valence-corrected chi connectivity index (χ1v) is 32.1. The van der Waals surface area contributed by atoms with Crippen molar-refractivity contribution in [2.24, 2.45) is 0 Å². The highest BCUT2D eigenvalue weighted by atomic mass is 16.3. The van der Waals surface area contributed by atoms with Crippen molar-refractivity contribution in [1.29, 1.82) is 15.8 Å². The van der Waals surface area contributed by atoms with Gasteiger partial charge in [-0.3, -0.25) is 0 Å². The van der Waals surface area contributed by atoms with Crippen LogP contribution in [0.1, 0.15) is 16.7 Å². The minimum Gasteiger partial charge on any atom is -0.456 e. The molecule has 0 bridgehead atoms. The number of nitrogens with zero attached hydrogens (tertiary/aromatic N) is 6. The summed E-state index contributed by atoms with van der Waals surface area (Å²) >= 11 is 0. The van der Waals surface area contributed by atoms with Crippen molar-refractivity contribution < 1.29 is 17.7 Å². The van der Waals surface area contributed by atoms with E-state index in [-0.39, 0.29) is 0 Å². The topological polar surface area (TPSA) is 138 Å².